The highest BCUT2D eigenvalue weighted by Gasteiger charge is 2.13. The second-order valence-electron chi connectivity index (χ2n) is 6.11. The maximum Gasteiger partial charge on any atom is 0.262 e. The number of aryl methyl sites for hydroxylation is 2. The first-order valence-electron chi connectivity index (χ1n) is 8.39. The minimum Gasteiger partial charge on any atom is -0.301 e. The maximum atomic E-state index is 12.4. The summed E-state index contributed by atoms with van der Waals surface area (Å²) in [6.45, 7) is 4.06. The van der Waals surface area contributed by atoms with Gasteiger partial charge >= 0.3 is 0 Å². The summed E-state index contributed by atoms with van der Waals surface area (Å²) in [5, 5.41) is 10.1. The number of carbonyl (C=O) groups is 1. The molecule has 0 atom stereocenters. The molecule has 8 nitrogen and oxygen atoms in total. The van der Waals surface area contributed by atoms with Crippen molar-refractivity contribution < 1.29 is 4.79 Å². The van der Waals surface area contributed by atoms with Gasteiger partial charge in [0.15, 0.2) is 15.9 Å². The largest absolute Gasteiger partial charge is 0.301 e. The van der Waals surface area contributed by atoms with Crippen molar-refractivity contribution in [2.24, 2.45) is 0 Å². The average Bonchev–Trinajstić information content (AvgIpc) is 3.32. The summed E-state index contributed by atoms with van der Waals surface area (Å²) in [4.78, 5) is 35.7. The van der Waals surface area contributed by atoms with E-state index in [1.165, 1.54) is 23.1 Å². The Labute approximate surface area is 168 Å². The van der Waals surface area contributed by atoms with Gasteiger partial charge in [-0.1, -0.05) is 17.8 Å². The summed E-state index contributed by atoms with van der Waals surface area (Å²) in [6, 6.07) is 5.94. The lowest BCUT2D eigenvalue weighted by Gasteiger charge is -2.07. The van der Waals surface area contributed by atoms with Crippen LogP contribution in [-0.2, 0) is 4.79 Å². The van der Waals surface area contributed by atoms with Crippen molar-refractivity contribution in [1.29, 1.82) is 0 Å². The Kier molecular flexibility index (Phi) is 4.97. The maximum absolute atomic E-state index is 12.4. The number of carbonyl (C=O) groups excluding carboxylic acids is 1. The highest BCUT2D eigenvalue weighted by Crippen LogP contribution is 2.20. The standard InChI is InChI=1S/C18H16N6O2S2/c1-10-3-4-12(7-11(10)2)24-15-13(8-20-24)16(26)23-18(22-15)28-9-14(25)21-17-19-5-6-27-17/h3-8H,9H2,1-2H3,(H,19,21,25)(H,22,23,26). The number of thioether (sulfide) groups is 1. The number of rotatable bonds is 5. The lowest BCUT2D eigenvalue weighted by atomic mass is 10.1. The molecule has 142 valence electrons. The van der Waals surface area contributed by atoms with Crippen molar-refractivity contribution in [3.63, 3.8) is 0 Å². The highest BCUT2D eigenvalue weighted by molar-refractivity contribution is 7.99. The molecule has 0 saturated carbocycles. The van der Waals surface area contributed by atoms with Crippen molar-refractivity contribution in [1.82, 2.24) is 24.7 Å². The smallest absolute Gasteiger partial charge is 0.262 e. The third kappa shape index (κ3) is 3.69. The van der Waals surface area contributed by atoms with E-state index < -0.39 is 0 Å². The van der Waals surface area contributed by atoms with E-state index in [4.69, 9.17) is 0 Å². The number of hydrogen-bond acceptors (Lipinski definition) is 7. The quantitative estimate of drug-likeness (QED) is 0.386. The summed E-state index contributed by atoms with van der Waals surface area (Å²) in [6.07, 6.45) is 3.12. The number of H-pyrrole nitrogens is 1. The van der Waals surface area contributed by atoms with Crippen molar-refractivity contribution in [2.45, 2.75) is 19.0 Å². The van der Waals surface area contributed by atoms with E-state index in [9.17, 15) is 9.59 Å². The lowest BCUT2D eigenvalue weighted by molar-refractivity contribution is -0.113. The molecule has 10 heteroatoms. The zero-order chi connectivity index (χ0) is 19.7. The van der Waals surface area contributed by atoms with Crippen molar-refractivity contribution in [3.8, 4) is 5.69 Å². The zero-order valence-electron chi connectivity index (χ0n) is 15.1. The molecule has 0 fully saturated rings. The summed E-state index contributed by atoms with van der Waals surface area (Å²) < 4.78 is 1.64. The Morgan fingerprint density at radius 3 is 2.93 bits per heavy atom. The topological polar surface area (TPSA) is 106 Å². The number of aromatic amines is 1. The van der Waals surface area contributed by atoms with Gasteiger partial charge in [0.05, 0.1) is 17.6 Å². The van der Waals surface area contributed by atoms with Crippen LogP contribution < -0.4 is 10.9 Å². The Balaban J connectivity index is 1.60. The number of fused-ring (bicyclic) bond motifs is 1. The molecule has 0 radical (unpaired) electrons. The molecule has 4 aromatic rings. The summed E-state index contributed by atoms with van der Waals surface area (Å²) in [5.41, 5.74) is 3.29. The number of benzene rings is 1. The molecule has 1 aromatic carbocycles. The third-order valence-electron chi connectivity index (χ3n) is 4.17. The van der Waals surface area contributed by atoms with Gasteiger partial charge in [0.25, 0.3) is 5.56 Å². The van der Waals surface area contributed by atoms with Crippen LogP contribution >= 0.6 is 23.1 Å². The first-order valence-corrected chi connectivity index (χ1v) is 10.3. The Morgan fingerprint density at radius 1 is 1.32 bits per heavy atom. The van der Waals surface area contributed by atoms with Crippen LogP contribution in [0.25, 0.3) is 16.7 Å². The third-order valence-corrected chi connectivity index (χ3v) is 5.73. The van der Waals surface area contributed by atoms with Crippen molar-refractivity contribution in [2.75, 3.05) is 11.1 Å². The number of amides is 1. The van der Waals surface area contributed by atoms with Crippen LogP contribution in [0.2, 0.25) is 0 Å². The number of nitrogens with one attached hydrogen (secondary N) is 2. The molecule has 1 amide bonds. The monoisotopic (exact) mass is 412 g/mol. The predicted octanol–water partition coefficient (Wildman–Crippen LogP) is 2.91. The van der Waals surface area contributed by atoms with E-state index in [0.29, 0.717) is 21.3 Å². The Hall–Kier alpha value is -2.98. The van der Waals surface area contributed by atoms with Crippen LogP contribution in [0.5, 0.6) is 0 Å². The van der Waals surface area contributed by atoms with E-state index in [2.05, 4.69) is 25.4 Å². The molecule has 3 heterocycles. The fourth-order valence-corrected chi connectivity index (χ4v) is 3.79. The fraction of sp³-hybridized carbons (Fsp3) is 0.167. The molecular weight excluding hydrogens is 396 g/mol. The number of aromatic nitrogens is 5. The van der Waals surface area contributed by atoms with Gasteiger partial charge in [-0.2, -0.15) is 5.10 Å². The molecule has 28 heavy (non-hydrogen) atoms. The lowest BCUT2D eigenvalue weighted by Crippen LogP contribution is -2.15. The molecule has 0 aliphatic heterocycles. The minimum absolute atomic E-state index is 0.103. The zero-order valence-corrected chi connectivity index (χ0v) is 16.7. The van der Waals surface area contributed by atoms with E-state index >= 15 is 0 Å². The second kappa shape index (κ2) is 7.56. The van der Waals surface area contributed by atoms with Crippen LogP contribution in [0.15, 0.2) is 45.9 Å². The highest BCUT2D eigenvalue weighted by atomic mass is 32.2. The van der Waals surface area contributed by atoms with Gasteiger partial charge < -0.3 is 10.3 Å². The molecule has 3 aromatic heterocycles. The van der Waals surface area contributed by atoms with Crippen LogP contribution in [-0.4, -0.2) is 36.4 Å². The van der Waals surface area contributed by atoms with E-state index in [-0.39, 0.29) is 17.2 Å². The Morgan fingerprint density at radius 2 is 2.18 bits per heavy atom. The molecule has 4 rings (SSSR count). The second-order valence-corrected chi connectivity index (χ2v) is 7.97. The molecule has 0 spiro atoms. The number of thiazole rings is 1. The van der Waals surface area contributed by atoms with Crippen LogP contribution in [0.3, 0.4) is 0 Å². The first-order chi connectivity index (χ1) is 13.5. The van der Waals surface area contributed by atoms with Crippen LogP contribution in [0.4, 0.5) is 5.13 Å². The van der Waals surface area contributed by atoms with E-state index in [0.717, 1.165) is 23.0 Å². The van der Waals surface area contributed by atoms with Crippen LogP contribution in [0.1, 0.15) is 11.1 Å². The number of hydrogen-bond donors (Lipinski definition) is 2. The van der Waals surface area contributed by atoms with Crippen molar-refractivity contribution in [3.05, 3.63) is 57.5 Å². The average molecular weight is 413 g/mol. The normalized spacial score (nSPS) is 11.1. The van der Waals surface area contributed by atoms with E-state index in [1.54, 1.807) is 16.3 Å². The SMILES string of the molecule is Cc1ccc(-n2ncc3c(=O)[nH]c(SCC(=O)Nc4nccs4)nc32)cc1C. The summed E-state index contributed by atoms with van der Waals surface area (Å²) in [5.74, 6) is -0.114. The van der Waals surface area contributed by atoms with Gasteiger partial charge in [-0.25, -0.2) is 14.6 Å². The summed E-state index contributed by atoms with van der Waals surface area (Å²) in [7, 11) is 0. The van der Waals surface area contributed by atoms with Gasteiger partial charge in [-0.05, 0) is 37.1 Å². The number of anilines is 1. The van der Waals surface area contributed by atoms with Gasteiger partial charge in [0.2, 0.25) is 5.91 Å². The number of nitrogens with zero attached hydrogens (tertiary/aromatic N) is 4. The molecule has 0 aliphatic carbocycles. The minimum atomic E-state index is -0.289. The summed E-state index contributed by atoms with van der Waals surface area (Å²) >= 11 is 2.49. The van der Waals surface area contributed by atoms with Crippen LogP contribution in [0, 0.1) is 13.8 Å². The molecule has 0 aliphatic rings. The molecular formula is C18H16N6O2S2. The van der Waals surface area contributed by atoms with Gasteiger partial charge in [-0.3, -0.25) is 9.59 Å². The fourth-order valence-electron chi connectivity index (χ4n) is 2.59. The van der Waals surface area contributed by atoms with Gasteiger partial charge in [0, 0.05) is 11.6 Å². The van der Waals surface area contributed by atoms with Gasteiger partial charge in [0.1, 0.15) is 5.39 Å². The predicted molar refractivity (Wildman–Crippen MR) is 110 cm³/mol. The van der Waals surface area contributed by atoms with Crippen molar-refractivity contribution >= 4 is 45.2 Å². The first kappa shape index (κ1) is 18.4. The Bertz CT molecular complexity index is 1210. The molecule has 0 bridgehead atoms. The van der Waals surface area contributed by atoms with E-state index in [1.807, 2.05) is 32.0 Å². The molecule has 0 unspecified atom stereocenters. The molecule has 2 N–H and O–H groups in total. The molecule has 0 saturated heterocycles. The van der Waals surface area contributed by atoms with Gasteiger partial charge in [-0.15, -0.1) is 11.3 Å².